The van der Waals surface area contributed by atoms with Crippen molar-refractivity contribution in [2.45, 2.75) is 105 Å². The van der Waals surface area contributed by atoms with Gasteiger partial charge in [0.05, 0.1) is 0 Å². The van der Waals surface area contributed by atoms with Gasteiger partial charge in [-0.2, -0.15) is 0 Å². The van der Waals surface area contributed by atoms with Crippen molar-refractivity contribution in [3.8, 4) is 12.3 Å². The van der Waals surface area contributed by atoms with Crippen LogP contribution >= 0.6 is 0 Å². The summed E-state index contributed by atoms with van der Waals surface area (Å²) in [7, 11) is 0. The summed E-state index contributed by atoms with van der Waals surface area (Å²) >= 11 is 0. The second-order valence-electron chi connectivity index (χ2n) is 12.2. The molecule has 0 bridgehead atoms. The molecule has 0 heterocycles. The topological polar surface area (TPSA) is 87.7 Å². The molecular weight excluding hydrogens is 526 g/mol. The largest absolute Gasteiger partial charge is 0.444 e. The van der Waals surface area contributed by atoms with Crippen molar-refractivity contribution in [2.75, 3.05) is 11.9 Å². The molecule has 3 amide bonds. The molecule has 0 aliphatic rings. The van der Waals surface area contributed by atoms with Gasteiger partial charge in [-0.25, -0.2) is 4.79 Å². The van der Waals surface area contributed by atoms with E-state index < -0.39 is 23.8 Å². The number of anilines is 1. The summed E-state index contributed by atoms with van der Waals surface area (Å²) < 4.78 is 5.48. The number of rotatable bonds is 13. The number of aryl methyl sites for hydroxylation is 2. The predicted molar refractivity (Wildman–Crippen MR) is 170 cm³/mol. The van der Waals surface area contributed by atoms with Gasteiger partial charge >= 0.3 is 6.09 Å². The number of nitrogens with one attached hydrogen (secondary N) is 2. The summed E-state index contributed by atoms with van der Waals surface area (Å²) in [6.45, 7) is 15.4. The Balaban J connectivity index is 2.62. The fourth-order valence-corrected chi connectivity index (χ4v) is 4.90. The minimum absolute atomic E-state index is 0.266. The molecule has 0 fully saturated rings. The lowest BCUT2D eigenvalue weighted by Crippen LogP contribution is -2.54. The zero-order valence-corrected chi connectivity index (χ0v) is 26.7. The summed E-state index contributed by atoms with van der Waals surface area (Å²) in [5, 5.41) is 5.88. The van der Waals surface area contributed by atoms with Gasteiger partial charge in [-0.3, -0.25) is 9.59 Å². The normalized spacial score (nSPS) is 12.7. The summed E-state index contributed by atoms with van der Waals surface area (Å²) in [4.78, 5) is 43.1. The van der Waals surface area contributed by atoms with Crippen LogP contribution in [0.3, 0.4) is 0 Å². The zero-order chi connectivity index (χ0) is 31.4. The number of nitrogens with zero attached hydrogens (tertiary/aromatic N) is 1. The average Bonchev–Trinajstić information content (AvgIpc) is 2.91. The number of alkyl carbamates (subject to hydrolysis) is 1. The van der Waals surface area contributed by atoms with Gasteiger partial charge in [-0.1, -0.05) is 88.8 Å². The number of hydrogen-bond donors (Lipinski definition) is 2. The van der Waals surface area contributed by atoms with Gasteiger partial charge in [0.25, 0.3) is 5.91 Å². The van der Waals surface area contributed by atoms with Crippen molar-refractivity contribution >= 4 is 23.6 Å². The van der Waals surface area contributed by atoms with E-state index in [1.165, 1.54) is 0 Å². The average molecular weight is 576 g/mol. The molecule has 0 spiro atoms. The van der Waals surface area contributed by atoms with Gasteiger partial charge in [-0.05, 0) is 69.7 Å². The Kier molecular flexibility index (Phi) is 13.1. The molecule has 0 saturated carbocycles. The van der Waals surface area contributed by atoms with Gasteiger partial charge < -0.3 is 20.3 Å². The van der Waals surface area contributed by atoms with E-state index in [1.807, 2.05) is 58.0 Å². The third kappa shape index (κ3) is 9.94. The maximum absolute atomic E-state index is 14.4. The minimum atomic E-state index is -1.02. The Labute approximate surface area is 252 Å². The van der Waals surface area contributed by atoms with E-state index in [-0.39, 0.29) is 17.7 Å². The number of carbonyl (C=O) groups excluding carboxylic acids is 3. The van der Waals surface area contributed by atoms with Gasteiger partial charge in [0.1, 0.15) is 17.7 Å². The molecular formula is C35H49N3O4. The first-order chi connectivity index (χ1) is 19.8. The molecule has 0 saturated heterocycles. The van der Waals surface area contributed by atoms with E-state index in [9.17, 15) is 14.4 Å². The summed E-state index contributed by atoms with van der Waals surface area (Å²) in [6, 6.07) is 11.1. The highest BCUT2D eigenvalue weighted by molar-refractivity contribution is 6.00. The fourth-order valence-electron chi connectivity index (χ4n) is 4.90. The van der Waals surface area contributed by atoms with Crippen molar-refractivity contribution in [3.63, 3.8) is 0 Å². The first-order valence-electron chi connectivity index (χ1n) is 15.0. The standard InChI is InChI=1S/C35H49N3O4/c1-10-12-13-14-17-23-38(33(40)29(24(3)4)37-34(41)42-35(7,8)9)31(28-22-16-15-21-27(28)11-2)32(39)36-30-25(5)19-18-20-26(30)6/h2,15-16,18-22,24,29,31H,10,12-14,17,23H2,1,3-9H3,(H,36,39)(H,37,41). The molecule has 0 aliphatic carbocycles. The Bertz CT molecular complexity index is 1240. The fraction of sp³-hybridized carbons (Fsp3) is 0.514. The molecule has 2 atom stereocenters. The van der Waals surface area contributed by atoms with E-state index in [1.54, 1.807) is 37.8 Å². The predicted octanol–water partition coefficient (Wildman–Crippen LogP) is 7.31. The number of benzene rings is 2. The lowest BCUT2D eigenvalue weighted by molar-refractivity contribution is -0.141. The zero-order valence-electron chi connectivity index (χ0n) is 26.7. The number of amides is 3. The number of ether oxygens (including phenoxy) is 1. The van der Waals surface area contributed by atoms with Crippen molar-refractivity contribution in [1.29, 1.82) is 0 Å². The summed E-state index contributed by atoms with van der Waals surface area (Å²) in [6.07, 6.45) is 10.0. The van der Waals surface area contributed by atoms with Crippen molar-refractivity contribution < 1.29 is 19.1 Å². The second-order valence-corrected chi connectivity index (χ2v) is 12.2. The Morgan fingerprint density at radius 1 is 0.952 bits per heavy atom. The molecule has 0 radical (unpaired) electrons. The summed E-state index contributed by atoms with van der Waals surface area (Å²) in [5.74, 6) is 1.71. The van der Waals surface area contributed by atoms with Gasteiger partial charge in [0.2, 0.25) is 5.91 Å². The van der Waals surface area contributed by atoms with Crippen LogP contribution in [0, 0.1) is 32.1 Å². The number of carbonyl (C=O) groups is 3. The minimum Gasteiger partial charge on any atom is -0.444 e. The van der Waals surface area contributed by atoms with Crippen LogP contribution in [-0.4, -0.2) is 41.0 Å². The molecule has 2 aromatic rings. The van der Waals surface area contributed by atoms with Crippen molar-refractivity contribution in [3.05, 3.63) is 64.7 Å². The number of unbranched alkanes of at least 4 members (excludes halogenated alkanes) is 4. The molecule has 7 heteroatoms. The quantitative estimate of drug-likeness (QED) is 0.194. The maximum Gasteiger partial charge on any atom is 0.408 e. The Morgan fingerprint density at radius 3 is 2.14 bits per heavy atom. The third-order valence-electron chi connectivity index (χ3n) is 7.09. The van der Waals surface area contributed by atoms with E-state index >= 15 is 0 Å². The number of terminal acetylenes is 1. The van der Waals surface area contributed by atoms with Crippen LogP contribution in [0.2, 0.25) is 0 Å². The van der Waals surface area contributed by atoms with Crippen LogP contribution in [0.1, 0.15) is 102 Å². The molecule has 7 nitrogen and oxygen atoms in total. The summed E-state index contributed by atoms with van der Waals surface area (Å²) in [5.41, 5.74) is 2.89. The Morgan fingerprint density at radius 2 is 1.57 bits per heavy atom. The Hall–Kier alpha value is -3.79. The van der Waals surface area contributed by atoms with Crippen LogP contribution < -0.4 is 10.6 Å². The highest BCUT2D eigenvalue weighted by Gasteiger charge is 2.38. The first-order valence-corrected chi connectivity index (χ1v) is 15.0. The smallest absolute Gasteiger partial charge is 0.408 e. The van der Waals surface area contributed by atoms with Crippen LogP contribution in [0.15, 0.2) is 42.5 Å². The first kappa shape index (κ1) is 34.4. The number of hydrogen-bond acceptors (Lipinski definition) is 4. The van der Waals surface area contributed by atoms with E-state index in [0.717, 1.165) is 36.8 Å². The van der Waals surface area contributed by atoms with E-state index in [2.05, 4.69) is 23.5 Å². The molecule has 2 rings (SSSR count). The van der Waals surface area contributed by atoms with Crippen LogP contribution in [0.25, 0.3) is 0 Å². The molecule has 2 unspecified atom stereocenters. The SMILES string of the molecule is C#Cc1ccccc1C(C(=O)Nc1c(C)cccc1C)N(CCCCCCC)C(=O)C(NC(=O)OC(C)(C)C)C(C)C. The van der Waals surface area contributed by atoms with Crippen molar-refractivity contribution in [1.82, 2.24) is 10.2 Å². The molecule has 228 valence electrons. The molecule has 0 aromatic heterocycles. The van der Waals surface area contributed by atoms with Crippen LogP contribution in [0.4, 0.5) is 10.5 Å². The van der Waals surface area contributed by atoms with Gasteiger partial charge in [-0.15, -0.1) is 6.42 Å². The maximum atomic E-state index is 14.4. The van der Waals surface area contributed by atoms with Crippen molar-refractivity contribution in [2.24, 2.45) is 5.92 Å². The monoisotopic (exact) mass is 575 g/mol. The third-order valence-corrected chi connectivity index (χ3v) is 7.09. The van der Waals surface area contributed by atoms with Gasteiger partial charge in [0, 0.05) is 17.8 Å². The van der Waals surface area contributed by atoms with Gasteiger partial charge in [0.15, 0.2) is 0 Å². The lowest BCUT2D eigenvalue weighted by Gasteiger charge is -2.36. The lowest BCUT2D eigenvalue weighted by atomic mass is 9.95. The molecule has 2 N–H and O–H groups in total. The highest BCUT2D eigenvalue weighted by atomic mass is 16.6. The highest BCUT2D eigenvalue weighted by Crippen LogP contribution is 2.30. The number of para-hydroxylation sites is 1. The second kappa shape index (κ2) is 16.0. The van der Waals surface area contributed by atoms with E-state index in [0.29, 0.717) is 29.8 Å². The molecule has 42 heavy (non-hydrogen) atoms. The molecule has 0 aliphatic heterocycles. The van der Waals surface area contributed by atoms with Crippen LogP contribution in [-0.2, 0) is 14.3 Å². The molecule has 2 aromatic carbocycles. The van der Waals surface area contributed by atoms with Crippen LogP contribution in [0.5, 0.6) is 0 Å². The van der Waals surface area contributed by atoms with E-state index in [4.69, 9.17) is 11.2 Å².